The van der Waals surface area contributed by atoms with Gasteiger partial charge in [-0.25, -0.2) is 4.79 Å². The Hall–Kier alpha value is -0.980. The van der Waals surface area contributed by atoms with E-state index in [1.165, 1.54) is 6.07 Å². The number of halogens is 3. The van der Waals surface area contributed by atoms with E-state index in [0.29, 0.717) is 5.56 Å². The zero-order valence-electron chi connectivity index (χ0n) is 11.8. The van der Waals surface area contributed by atoms with Crippen LogP contribution in [-0.4, -0.2) is 52.9 Å². The number of benzene rings is 1. The number of carboxylic acids is 1. The number of hydrogen-bond acceptors (Lipinski definition) is 2. The first kappa shape index (κ1) is 19.1. The topological polar surface area (TPSA) is 46.5 Å². The van der Waals surface area contributed by atoms with E-state index >= 15 is 0 Å². The quantitative estimate of drug-likeness (QED) is 0.850. The Kier molecular flexibility index (Phi) is 5.76. The summed E-state index contributed by atoms with van der Waals surface area (Å²) in [5.41, 5.74) is 1.33. The third-order valence-electron chi connectivity index (χ3n) is 3.40. The summed E-state index contributed by atoms with van der Waals surface area (Å²) in [7, 11) is 0. The molecule has 1 aliphatic heterocycles. The van der Waals surface area contributed by atoms with Crippen molar-refractivity contribution >= 4 is 41.6 Å². The molecule has 0 saturated heterocycles. The minimum atomic E-state index is -4.77. The van der Waals surface area contributed by atoms with Crippen molar-refractivity contribution in [2.75, 3.05) is 0 Å². The van der Waals surface area contributed by atoms with Crippen molar-refractivity contribution in [1.29, 1.82) is 0 Å². The molecule has 0 amide bonds. The van der Waals surface area contributed by atoms with Gasteiger partial charge in [-0.1, -0.05) is 13.8 Å². The Morgan fingerprint density at radius 1 is 1.32 bits per heavy atom. The predicted molar refractivity (Wildman–Crippen MR) is 78.5 cm³/mol. The number of aryl methyl sites for hydroxylation is 1. The van der Waals surface area contributed by atoms with Gasteiger partial charge in [0.15, 0.2) is 0 Å². The van der Waals surface area contributed by atoms with Crippen LogP contribution in [0.2, 0.25) is 0 Å². The fourth-order valence-electron chi connectivity index (χ4n) is 2.40. The molecule has 2 rings (SSSR count). The number of carbonyl (C=O) groups is 1. The van der Waals surface area contributed by atoms with Gasteiger partial charge in [0.1, 0.15) is 5.75 Å². The van der Waals surface area contributed by atoms with Gasteiger partial charge in [-0.05, 0) is 42.2 Å². The SMILES string of the molecule is Cc1cc2c(cc1C(C)C)C=C(C(=O)O)C(C(F)(F)F)O2.[NaH]. The molecular weight excluding hydrogens is 308 g/mol. The third-order valence-corrected chi connectivity index (χ3v) is 3.40. The van der Waals surface area contributed by atoms with Crippen LogP contribution >= 0.6 is 0 Å². The number of carboxylic acid groups (broad SMARTS) is 1. The van der Waals surface area contributed by atoms with E-state index in [9.17, 15) is 18.0 Å². The monoisotopic (exact) mass is 324 g/mol. The van der Waals surface area contributed by atoms with Gasteiger partial charge in [0.05, 0.1) is 5.57 Å². The van der Waals surface area contributed by atoms with E-state index in [-0.39, 0.29) is 41.2 Å². The third kappa shape index (κ3) is 3.67. The second kappa shape index (κ2) is 6.64. The van der Waals surface area contributed by atoms with Gasteiger partial charge in [0, 0.05) is 5.56 Å². The Morgan fingerprint density at radius 3 is 2.36 bits per heavy atom. The van der Waals surface area contributed by atoms with Crippen molar-refractivity contribution in [3.8, 4) is 5.75 Å². The zero-order chi connectivity index (χ0) is 15.9. The summed E-state index contributed by atoms with van der Waals surface area (Å²) in [5.74, 6) is -1.39. The van der Waals surface area contributed by atoms with E-state index in [4.69, 9.17) is 9.84 Å². The van der Waals surface area contributed by atoms with E-state index in [0.717, 1.165) is 17.2 Å². The molecule has 1 N–H and O–H groups in total. The molecule has 1 aromatic rings. The maximum atomic E-state index is 12.9. The summed E-state index contributed by atoms with van der Waals surface area (Å²) < 4.78 is 43.7. The summed E-state index contributed by atoms with van der Waals surface area (Å²) in [6.07, 6.45) is -6.16. The van der Waals surface area contributed by atoms with Crippen LogP contribution in [0.1, 0.15) is 36.5 Å². The summed E-state index contributed by atoms with van der Waals surface area (Å²) in [6.45, 7) is 5.70. The number of fused-ring (bicyclic) bond motifs is 1. The van der Waals surface area contributed by atoms with Crippen molar-refractivity contribution in [2.24, 2.45) is 0 Å². The summed E-state index contributed by atoms with van der Waals surface area (Å²) >= 11 is 0. The molecule has 22 heavy (non-hydrogen) atoms. The van der Waals surface area contributed by atoms with Crippen LogP contribution in [0.4, 0.5) is 13.2 Å². The van der Waals surface area contributed by atoms with Crippen molar-refractivity contribution in [3.63, 3.8) is 0 Å². The van der Waals surface area contributed by atoms with Gasteiger partial charge in [0.25, 0.3) is 0 Å². The van der Waals surface area contributed by atoms with E-state index in [2.05, 4.69) is 0 Å². The average molecular weight is 324 g/mol. The molecule has 0 aliphatic carbocycles. The van der Waals surface area contributed by atoms with Crippen molar-refractivity contribution < 1.29 is 27.8 Å². The molecule has 0 fully saturated rings. The van der Waals surface area contributed by atoms with Crippen molar-refractivity contribution in [1.82, 2.24) is 0 Å². The van der Waals surface area contributed by atoms with Gasteiger partial charge >= 0.3 is 41.7 Å². The van der Waals surface area contributed by atoms with Gasteiger partial charge in [-0.2, -0.15) is 13.2 Å². The Bertz CT molecular complexity index is 621. The molecule has 1 atom stereocenters. The fraction of sp³-hybridized carbons (Fsp3) is 0.400. The molecule has 0 saturated carbocycles. The van der Waals surface area contributed by atoms with Crippen molar-refractivity contribution in [2.45, 2.75) is 39.0 Å². The number of aliphatic carboxylic acids is 1. The average Bonchev–Trinajstić information content (AvgIpc) is 2.34. The number of hydrogen-bond donors (Lipinski definition) is 1. The van der Waals surface area contributed by atoms with E-state index in [1.807, 2.05) is 13.8 Å². The molecule has 1 heterocycles. The first-order valence-electron chi connectivity index (χ1n) is 6.44. The van der Waals surface area contributed by atoms with Gasteiger partial charge in [-0.15, -0.1) is 0 Å². The standard InChI is InChI=1S/C15H15F3O3.Na.H/c1-7(2)10-5-9-6-11(14(19)20)13(15(16,17)18)21-12(9)4-8(10)3;;/h4-7,13H,1-3H3,(H,19,20);;. The predicted octanol–water partition coefficient (Wildman–Crippen LogP) is 3.26. The minimum absolute atomic E-state index is 0. The number of rotatable bonds is 2. The number of alkyl halides is 3. The van der Waals surface area contributed by atoms with Gasteiger partial charge < -0.3 is 9.84 Å². The van der Waals surface area contributed by atoms with E-state index in [1.54, 1.807) is 13.0 Å². The molecular formula is C15H16F3NaO3. The summed E-state index contributed by atoms with van der Waals surface area (Å²) in [5, 5.41) is 8.98. The number of ether oxygens (including phenoxy) is 1. The van der Waals surface area contributed by atoms with Crippen LogP contribution in [0.25, 0.3) is 6.08 Å². The Labute approximate surface area is 148 Å². The first-order valence-corrected chi connectivity index (χ1v) is 6.44. The van der Waals surface area contributed by atoms with Crippen LogP contribution < -0.4 is 4.74 Å². The van der Waals surface area contributed by atoms with Gasteiger partial charge in [-0.3, -0.25) is 0 Å². The molecule has 116 valence electrons. The van der Waals surface area contributed by atoms with Crippen LogP contribution in [-0.2, 0) is 4.79 Å². The first-order chi connectivity index (χ1) is 9.61. The zero-order valence-corrected chi connectivity index (χ0v) is 11.8. The second-order valence-electron chi connectivity index (χ2n) is 5.35. The normalized spacial score (nSPS) is 17.2. The molecule has 7 heteroatoms. The molecule has 0 bridgehead atoms. The molecule has 0 spiro atoms. The van der Waals surface area contributed by atoms with Crippen LogP contribution in [0.15, 0.2) is 17.7 Å². The Balaban J connectivity index is 0.00000242. The molecule has 0 radical (unpaired) electrons. The Morgan fingerprint density at radius 2 is 1.91 bits per heavy atom. The summed E-state index contributed by atoms with van der Waals surface area (Å²) in [4.78, 5) is 11.1. The fourth-order valence-corrected chi connectivity index (χ4v) is 2.40. The van der Waals surface area contributed by atoms with Crippen LogP contribution in [0, 0.1) is 6.92 Å². The molecule has 1 aliphatic rings. The van der Waals surface area contributed by atoms with Crippen molar-refractivity contribution in [3.05, 3.63) is 34.4 Å². The van der Waals surface area contributed by atoms with Crippen LogP contribution in [0.5, 0.6) is 5.75 Å². The molecule has 1 aromatic carbocycles. The summed E-state index contributed by atoms with van der Waals surface area (Å²) in [6, 6.07) is 3.21. The maximum absolute atomic E-state index is 12.9. The second-order valence-corrected chi connectivity index (χ2v) is 5.35. The van der Waals surface area contributed by atoms with Gasteiger partial charge in [0.2, 0.25) is 6.10 Å². The molecule has 1 unspecified atom stereocenters. The molecule has 0 aromatic heterocycles. The van der Waals surface area contributed by atoms with E-state index < -0.39 is 23.8 Å². The molecule has 3 nitrogen and oxygen atoms in total. The van der Waals surface area contributed by atoms with Crippen LogP contribution in [0.3, 0.4) is 0 Å².